The molecule has 25 heavy (non-hydrogen) atoms. The van der Waals surface area contributed by atoms with Crippen LogP contribution in [0.25, 0.3) is 0 Å². The van der Waals surface area contributed by atoms with Crippen LogP contribution in [0.2, 0.25) is 0 Å². The minimum absolute atomic E-state index is 0.584. The molecule has 1 atom stereocenters. The molecule has 0 unspecified atom stereocenters. The van der Waals surface area contributed by atoms with E-state index in [1.807, 2.05) is 36.4 Å². The van der Waals surface area contributed by atoms with Gasteiger partial charge in [-0.25, -0.2) is 0 Å². The molecule has 0 fully saturated rings. The Morgan fingerprint density at radius 1 is 1.04 bits per heavy atom. The minimum Gasteiger partial charge on any atom is -0.366 e. The van der Waals surface area contributed by atoms with Crippen LogP contribution in [0.4, 0.5) is 0 Å². The van der Waals surface area contributed by atoms with E-state index in [4.69, 9.17) is 10.00 Å². The number of ether oxygens (including phenoxy) is 1. The van der Waals surface area contributed by atoms with E-state index in [1.54, 1.807) is 6.08 Å². The van der Waals surface area contributed by atoms with Gasteiger partial charge >= 0.3 is 0 Å². The zero-order valence-corrected chi connectivity index (χ0v) is 15.0. The van der Waals surface area contributed by atoms with Crippen molar-refractivity contribution in [1.29, 1.82) is 10.5 Å². The van der Waals surface area contributed by atoms with Gasteiger partial charge in [0.2, 0.25) is 0 Å². The zero-order valence-electron chi connectivity index (χ0n) is 15.0. The van der Waals surface area contributed by atoms with Gasteiger partial charge in [0.05, 0.1) is 17.7 Å². The summed E-state index contributed by atoms with van der Waals surface area (Å²) in [5.41, 5.74) is 1.51. The van der Waals surface area contributed by atoms with Gasteiger partial charge in [0.25, 0.3) is 0 Å². The molecule has 1 aromatic carbocycles. The smallest absolute Gasteiger partial charge is 0.116 e. The molecule has 3 nitrogen and oxygen atoms in total. The Morgan fingerprint density at radius 2 is 1.80 bits per heavy atom. The fourth-order valence-electron chi connectivity index (χ4n) is 3.18. The normalized spacial score (nSPS) is 19.1. The highest BCUT2D eigenvalue weighted by atomic mass is 16.5. The van der Waals surface area contributed by atoms with Crippen LogP contribution in [0, 0.1) is 22.7 Å². The van der Waals surface area contributed by atoms with Gasteiger partial charge in [-0.3, -0.25) is 0 Å². The Bertz CT molecular complexity index is 705. The van der Waals surface area contributed by atoms with E-state index in [2.05, 4.69) is 19.1 Å². The van der Waals surface area contributed by atoms with Gasteiger partial charge in [0.1, 0.15) is 5.60 Å². The van der Waals surface area contributed by atoms with Gasteiger partial charge in [0.15, 0.2) is 0 Å². The molecular formula is C22H26N2O. The number of hydrogen-bond acceptors (Lipinski definition) is 3. The lowest BCUT2D eigenvalue weighted by atomic mass is 9.83. The zero-order chi connectivity index (χ0) is 18.0. The number of nitriles is 2. The molecule has 3 heteroatoms. The summed E-state index contributed by atoms with van der Waals surface area (Å²) in [5, 5.41) is 18.5. The first-order chi connectivity index (χ1) is 12.3. The first-order valence-electron chi connectivity index (χ1n) is 9.19. The standard InChI is InChI=1S/C22H26N2O/c1-2-3-4-5-6-9-16-25-22(14-12-19(17-23)13-15-22)21-11-8-7-10-20(21)18-24/h7-8,10-14H,2-6,9,15-16H2,1H3/t22-/m0/s1. The van der Waals surface area contributed by atoms with E-state index in [-0.39, 0.29) is 0 Å². The van der Waals surface area contributed by atoms with Crippen molar-refractivity contribution in [3.05, 3.63) is 59.2 Å². The van der Waals surface area contributed by atoms with Crippen molar-refractivity contribution in [2.75, 3.05) is 6.61 Å². The number of rotatable bonds is 9. The van der Waals surface area contributed by atoms with Crippen LogP contribution >= 0.6 is 0 Å². The van der Waals surface area contributed by atoms with Crippen LogP contribution in [-0.2, 0) is 10.3 Å². The van der Waals surface area contributed by atoms with Crippen LogP contribution in [0.5, 0.6) is 0 Å². The topological polar surface area (TPSA) is 56.8 Å². The monoisotopic (exact) mass is 334 g/mol. The minimum atomic E-state index is -0.643. The fourth-order valence-corrected chi connectivity index (χ4v) is 3.18. The molecule has 0 spiro atoms. The van der Waals surface area contributed by atoms with Crippen molar-refractivity contribution in [3.63, 3.8) is 0 Å². The first kappa shape index (κ1) is 19.0. The van der Waals surface area contributed by atoms with E-state index in [0.717, 1.165) is 12.0 Å². The second-order valence-corrected chi connectivity index (χ2v) is 6.47. The van der Waals surface area contributed by atoms with E-state index >= 15 is 0 Å². The van der Waals surface area contributed by atoms with Crippen LogP contribution in [0.15, 0.2) is 48.1 Å². The molecule has 130 valence electrons. The van der Waals surface area contributed by atoms with Crippen molar-refractivity contribution in [1.82, 2.24) is 0 Å². The molecule has 1 aliphatic carbocycles. The number of unbranched alkanes of at least 4 members (excludes halogenated alkanes) is 5. The summed E-state index contributed by atoms with van der Waals surface area (Å²) in [4.78, 5) is 0. The third-order valence-corrected chi connectivity index (χ3v) is 4.65. The van der Waals surface area contributed by atoms with E-state index in [1.165, 1.54) is 32.1 Å². The number of nitrogens with zero attached hydrogens (tertiary/aromatic N) is 2. The molecule has 0 heterocycles. The van der Waals surface area contributed by atoms with Crippen LogP contribution in [-0.4, -0.2) is 6.61 Å². The van der Waals surface area contributed by atoms with Crippen LogP contribution in [0.1, 0.15) is 63.0 Å². The highest BCUT2D eigenvalue weighted by molar-refractivity contribution is 5.48. The molecule has 0 saturated carbocycles. The van der Waals surface area contributed by atoms with Gasteiger partial charge < -0.3 is 4.74 Å². The predicted octanol–water partition coefficient (Wildman–Crippen LogP) is 5.54. The van der Waals surface area contributed by atoms with Gasteiger partial charge in [-0.05, 0) is 24.6 Å². The molecule has 0 aromatic heterocycles. The molecule has 0 N–H and O–H groups in total. The molecule has 2 rings (SSSR count). The Hall–Kier alpha value is -2.36. The molecule has 1 aliphatic rings. The predicted molar refractivity (Wildman–Crippen MR) is 99.6 cm³/mol. The van der Waals surface area contributed by atoms with Gasteiger partial charge in [-0.1, -0.05) is 63.3 Å². The highest BCUT2D eigenvalue weighted by Gasteiger charge is 2.33. The molecule has 0 saturated heterocycles. The molecule has 0 bridgehead atoms. The van der Waals surface area contributed by atoms with Crippen molar-refractivity contribution in [2.45, 2.75) is 57.5 Å². The van der Waals surface area contributed by atoms with E-state index in [0.29, 0.717) is 24.2 Å². The highest BCUT2D eigenvalue weighted by Crippen LogP contribution is 2.37. The average Bonchev–Trinajstić information content (AvgIpc) is 2.67. The Balaban J connectivity index is 2.08. The number of allylic oxidation sites excluding steroid dienone is 2. The number of hydrogen-bond donors (Lipinski definition) is 0. The molecular weight excluding hydrogens is 308 g/mol. The first-order valence-corrected chi connectivity index (χ1v) is 9.19. The lowest BCUT2D eigenvalue weighted by Crippen LogP contribution is -2.30. The average molecular weight is 334 g/mol. The summed E-state index contributed by atoms with van der Waals surface area (Å²) in [7, 11) is 0. The van der Waals surface area contributed by atoms with E-state index < -0.39 is 5.60 Å². The maximum Gasteiger partial charge on any atom is 0.116 e. The molecule has 0 aliphatic heterocycles. The summed E-state index contributed by atoms with van der Waals surface area (Å²) in [5.74, 6) is 0. The summed E-state index contributed by atoms with van der Waals surface area (Å²) in [6, 6.07) is 12.0. The summed E-state index contributed by atoms with van der Waals surface area (Å²) in [6.07, 6.45) is 13.5. The third kappa shape index (κ3) is 5.05. The summed E-state index contributed by atoms with van der Waals surface area (Å²) in [6.45, 7) is 2.88. The molecule has 0 amide bonds. The lowest BCUT2D eigenvalue weighted by molar-refractivity contribution is -0.0135. The van der Waals surface area contributed by atoms with Crippen molar-refractivity contribution in [2.24, 2.45) is 0 Å². The second-order valence-electron chi connectivity index (χ2n) is 6.47. The van der Waals surface area contributed by atoms with Gasteiger partial charge in [0, 0.05) is 24.2 Å². The SMILES string of the molecule is CCCCCCCCO[C@@]1(c2ccccc2C#N)C=CC(C#N)=CC1. The maximum absolute atomic E-state index is 9.46. The van der Waals surface area contributed by atoms with Crippen LogP contribution in [0.3, 0.4) is 0 Å². The molecule has 1 aromatic rings. The largest absolute Gasteiger partial charge is 0.366 e. The third-order valence-electron chi connectivity index (χ3n) is 4.65. The van der Waals surface area contributed by atoms with Gasteiger partial charge in [-0.15, -0.1) is 0 Å². The van der Waals surface area contributed by atoms with Gasteiger partial charge in [-0.2, -0.15) is 10.5 Å². The van der Waals surface area contributed by atoms with Crippen molar-refractivity contribution in [3.8, 4) is 12.1 Å². The Kier molecular flexibility index (Phi) is 7.45. The van der Waals surface area contributed by atoms with Crippen LogP contribution < -0.4 is 0 Å². The number of benzene rings is 1. The Labute approximate surface area is 151 Å². The summed E-state index contributed by atoms with van der Waals surface area (Å²) >= 11 is 0. The lowest BCUT2D eigenvalue weighted by Gasteiger charge is -2.33. The molecule has 0 radical (unpaired) electrons. The Morgan fingerprint density at radius 3 is 2.48 bits per heavy atom. The quantitative estimate of drug-likeness (QED) is 0.557. The second kappa shape index (κ2) is 9.82. The fraction of sp³-hybridized carbons (Fsp3) is 0.455. The van der Waals surface area contributed by atoms with Crippen molar-refractivity contribution < 1.29 is 4.74 Å². The maximum atomic E-state index is 9.46. The van der Waals surface area contributed by atoms with E-state index in [9.17, 15) is 5.26 Å². The van der Waals surface area contributed by atoms with Crippen molar-refractivity contribution >= 4 is 0 Å². The summed E-state index contributed by atoms with van der Waals surface area (Å²) < 4.78 is 6.31.